The topological polar surface area (TPSA) is 89.7 Å². The molecule has 0 saturated heterocycles. The Morgan fingerprint density at radius 3 is 2.63 bits per heavy atom. The van der Waals surface area contributed by atoms with Crippen LogP contribution in [0.5, 0.6) is 11.5 Å². The van der Waals surface area contributed by atoms with E-state index in [0.29, 0.717) is 43.6 Å². The summed E-state index contributed by atoms with van der Waals surface area (Å²) in [6.45, 7) is 1.84. The van der Waals surface area contributed by atoms with Crippen molar-refractivity contribution in [3.8, 4) is 11.5 Å². The maximum Gasteiger partial charge on any atom is 0.273 e. The molecule has 9 heteroatoms. The van der Waals surface area contributed by atoms with Gasteiger partial charge in [0.1, 0.15) is 12.1 Å². The van der Waals surface area contributed by atoms with E-state index in [2.05, 4.69) is 20.2 Å². The number of hydrogen-bond donors (Lipinski definition) is 1. The Kier molecular flexibility index (Phi) is 6.67. The number of halogens is 1. The molecule has 0 atom stereocenters. The largest absolute Gasteiger partial charge is 0.454 e. The van der Waals surface area contributed by atoms with E-state index in [1.807, 2.05) is 36.4 Å². The Bertz CT molecular complexity index is 1310. The average molecular weight is 474 g/mol. The SMILES string of the molecule is O=C(NCc1cccnc1)c1coc(CN(Cc2cccc(F)c2)Cc2ccc3c(c2)OCO3)n1. The normalized spacial score (nSPS) is 12.2. The molecule has 0 unspecified atom stereocenters. The third kappa shape index (κ3) is 5.82. The second-order valence-corrected chi connectivity index (χ2v) is 8.13. The molecule has 1 N–H and O–H groups in total. The molecule has 1 aliphatic rings. The van der Waals surface area contributed by atoms with Gasteiger partial charge in [0.2, 0.25) is 12.7 Å². The fraction of sp³-hybridized carbons (Fsp3) is 0.192. The molecule has 0 spiro atoms. The maximum atomic E-state index is 13.8. The lowest BCUT2D eigenvalue weighted by molar-refractivity contribution is 0.0945. The first-order chi connectivity index (χ1) is 17.1. The van der Waals surface area contributed by atoms with E-state index in [1.165, 1.54) is 18.4 Å². The molecule has 8 nitrogen and oxygen atoms in total. The Labute approximate surface area is 201 Å². The standard InChI is InChI=1S/C26H23FN4O4/c27-21-5-1-3-18(9-21)13-31(14-19-6-7-23-24(10-19)35-17-34-23)15-25-30-22(16-33-25)26(32)29-12-20-4-2-8-28-11-20/h1-11,16H,12-15,17H2,(H,29,32). The molecule has 35 heavy (non-hydrogen) atoms. The van der Waals surface area contributed by atoms with Crippen LogP contribution in [0.15, 0.2) is 77.7 Å². The predicted octanol–water partition coefficient (Wildman–Crippen LogP) is 4.07. The lowest BCUT2D eigenvalue weighted by Gasteiger charge is -2.21. The number of fused-ring (bicyclic) bond motifs is 1. The lowest BCUT2D eigenvalue weighted by atomic mass is 10.1. The molecule has 5 rings (SSSR count). The van der Waals surface area contributed by atoms with Gasteiger partial charge in [-0.1, -0.05) is 24.3 Å². The zero-order chi connectivity index (χ0) is 24.0. The van der Waals surface area contributed by atoms with Gasteiger partial charge in [-0.3, -0.25) is 14.7 Å². The van der Waals surface area contributed by atoms with Crippen LogP contribution in [0.4, 0.5) is 4.39 Å². The predicted molar refractivity (Wildman–Crippen MR) is 124 cm³/mol. The molecule has 2 aromatic heterocycles. The molecule has 0 radical (unpaired) electrons. The number of carbonyl (C=O) groups excluding carboxylic acids is 1. The van der Waals surface area contributed by atoms with Crippen molar-refractivity contribution in [3.63, 3.8) is 0 Å². The van der Waals surface area contributed by atoms with E-state index < -0.39 is 0 Å². The molecule has 0 saturated carbocycles. The van der Waals surface area contributed by atoms with Gasteiger partial charge >= 0.3 is 0 Å². The summed E-state index contributed by atoms with van der Waals surface area (Å²) in [6, 6.07) is 15.9. The minimum Gasteiger partial charge on any atom is -0.454 e. The third-order valence-corrected chi connectivity index (χ3v) is 5.46. The number of amides is 1. The minimum absolute atomic E-state index is 0.192. The number of benzene rings is 2. The van der Waals surface area contributed by atoms with Crippen LogP contribution in [0, 0.1) is 5.82 Å². The highest BCUT2D eigenvalue weighted by Crippen LogP contribution is 2.33. The molecular weight excluding hydrogens is 451 g/mol. The van der Waals surface area contributed by atoms with Gasteiger partial charge < -0.3 is 19.2 Å². The number of hydrogen-bond acceptors (Lipinski definition) is 7. The smallest absolute Gasteiger partial charge is 0.273 e. The molecule has 0 aliphatic carbocycles. The highest BCUT2D eigenvalue weighted by molar-refractivity contribution is 5.91. The van der Waals surface area contributed by atoms with Crippen LogP contribution in [-0.2, 0) is 26.2 Å². The number of carbonyl (C=O) groups is 1. The average Bonchev–Trinajstić information content (AvgIpc) is 3.52. The molecule has 4 aromatic rings. The summed E-state index contributed by atoms with van der Waals surface area (Å²) in [4.78, 5) is 23.0. The first-order valence-electron chi connectivity index (χ1n) is 11.1. The minimum atomic E-state index is -0.337. The zero-order valence-corrected chi connectivity index (χ0v) is 18.8. The number of ether oxygens (including phenoxy) is 2. The van der Waals surface area contributed by atoms with Crippen molar-refractivity contribution in [3.05, 3.63) is 107 Å². The summed E-state index contributed by atoms with van der Waals surface area (Å²) in [7, 11) is 0. The first-order valence-corrected chi connectivity index (χ1v) is 11.1. The molecule has 0 bridgehead atoms. The summed E-state index contributed by atoms with van der Waals surface area (Å²) < 4.78 is 30.3. The van der Waals surface area contributed by atoms with Crippen molar-refractivity contribution in [2.75, 3.05) is 6.79 Å². The van der Waals surface area contributed by atoms with E-state index in [4.69, 9.17) is 13.9 Å². The number of oxazole rings is 1. The zero-order valence-electron chi connectivity index (χ0n) is 18.8. The molecular formula is C26H23FN4O4. The van der Waals surface area contributed by atoms with Crippen LogP contribution in [-0.4, -0.2) is 27.6 Å². The lowest BCUT2D eigenvalue weighted by Crippen LogP contribution is -2.24. The van der Waals surface area contributed by atoms with Gasteiger partial charge in [0, 0.05) is 32.0 Å². The van der Waals surface area contributed by atoms with E-state index in [0.717, 1.165) is 16.7 Å². The molecule has 3 heterocycles. The summed E-state index contributed by atoms with van der Waals surface area (Å²) in [6.07, 6.45) is 4.71. The molecule has 0 fully saturated rings. The molecule has 1 amide bonds. The maximum absolute atomic E-state index is 13.8. The van der Waals surface area contributed by atoms with E-state index in [1.54, 1.807) is 18.5 Å². The van der Waals surface area contributed by atoms with Crippen LogP contribution in [0.1, 0.15) is 33.1 Å². The van der Waals surface area contributed by atoms with Crippen LogP contribution in [0.3, 0.4) is 0 Å². The van der Waals surface area contributed by atoms with Crippen LogP contribution < -0.4 is 14.8 Å². The molecule has 1 aliphatic heterocycles. The number of rotatable bonds is 9. The van der Waals surface area contributed by atoms with Gasteiger partial charge in [-0.25, -0.2) is 9.37 Å². The summed E-state index contributed by atoms with van der Waals surface area (Å²) in [5, 5.41) is 2.81. The Morgan fingerprint density at radius 2 is 1.80 bits per heavy atom. The first kappa shape index (κ1) is 22.5. The fourth-order valence-electron chi connectivity index (χ4n) is 3.81. The van der Waals surface area contributed by atoms with E-state index in [-0.39, 0.29) is 24.2 Å². The quantitative estimate of drug-likeness (QED) is 0.391. The van der Waals surface area contributed by atoms with Gasteiger partial charge in [0.05, 0.1) is 6.54 Å². The Hall–Kier alpha value is -4.24. The van der Waals surface area contributed by atoms with Gasteiger partial charge in [0.25, 0.3) is 5.91 Å². The van der Waals surface area contributed by atoms with Crippen LogP contribution in [0.25, 0.3) is 0 Å². The summed E-state index contributed by atoms with van der Waals surface area (Å²) >= 11 is 0. The van der Waals surface area contributed by atoms with E-state index in [9.17, 15) is 9.18 Å². The molecule has 2 aromatic carbocycles. The van der Waals surface area contributed by atoms with Gasteiger partial charge in [-0.15, -0.1) is 0 Å². The fourth-order valence-corrected chi connectivity index (χ4v) is 3.81. The number of nitrogens with zero attached hydrogens (tertiary/aromatic N) is 3. The van der Waals surface area contributed by atoms with Crippen LogP contribution >= 0.6 is 0 Å². The van der Waals surface area contributed by atoms with Crippen LogP contribution in [0.2, 0.25) is 0 Å². The number of aromatic nitrogens is 2. The van der Waals surface area contributed by atoms with Crippen molar-refractivity contribution in [1.29, 1.82) is 0 Å². The van der Waals surface area contributed by atoms with Gasteiger partial charge in [-0.05, 0) is 47.0 Å². The monoisotopic (exact) mass is 474 g/mol. The third-order valence-electron chi connectivity index (χ3n) is 5.46. The summed E-state index contributed by atoms with van der Waals surface area (Å²) in [5.74, 6) is 1.15. The molecule has 178 valence electrons. The van der Waals surface area contributed by atoms with E-state index >= 15 is 0 Å². The number of pyridine rings is 1. The highest BCUT2D eigenvalue weighted by Gasteiger charge is 2.18. The van der Waals surface area contributed by atoms with Gasteiger partial charge in [-0.2, -0.15) is 0 Å². The van der Waals surface area contributed by atoms with Crippen molar-refractivity contribution in [2.45, 2.75) is 26.2 Å². The Morgan fingerprint density at radius 1 is 0.971 bits per heavy atom. The Balaban J connectivity index is 1.28. The van der Waals surface area contributed by atoms with Crippen molar-refractivity contribution in [1.82, 2.24) is 20.2 Å². The second-order valence-electron chi connectivity index (χ2n) is 8.13. The second kappa shape index (κ2) is 10.4. The van der Waals surface area contributed by atoms with Crippen molar-refractivity contribution in [2.24, 2.45) is 0 Å². The van der Waals surface area contributed by atoms with Crippen molar-refractivity contribution < 1.29 is 23.1 Å². The number of nitrogens with one attached hydrogen (secondary N) is 1. The summed E-state index contributed by atoms with van der Waals surface area (Å²) in [5.41, 5.74) is 2.88. The van der Waals surface area contributed by atoms with Gasteiger partial charge in [0.15, 0.2) is 17.2 Å². The van der Waals surface area contributed by atoms with Crippen molar-refractivity contribution >= 4 is 5.91 Å². The highest BCUT2D eigenvalue weighted by atomic mass is 19.1.